The summed E-state index contributed by atoms with van der Waals surface area (Å²) >= 11 is 3.42. The molecule has 0 aliphatic rings. The number of nitrogens with one attached hydrogen (secondary N) is 1. The SMILES string of the molecule is CN(CCO)c1cc(Nc2cccc(Br)c2)ncn1. The Bertz CT molecular complexity index is 550. The quantitative estimate of drug-likeness (QED) is 0.885. The Morgan fingerprint density at radius 3 is 2.89 bits per heavy atom. The lowest BCUT2D eigenvalue weighted by atomic mass is 10.3. The van der Waals surface area contributed by atoms with E-state index in [1.165, 1.54) is 6.33 Å². The first-order chi connectivity index (χ1) is 9.19. The number of hydrogen-bond donors (Lipinski definition) is 2. The van der Waals surface area contributed by atoms with Crippen LogP contribution in [0.4, 0.5) is 17.3 Å². The molecule has 0 amide bonds. The Hall–Kier alpha value is -1.66. The summed E-state index contributed by atoms with van der Waals surface area (Å²) in [4.78, 5) is 10.2. The van der Waals surface area contributed by atoms with Crippen molar-refractivity contribution in [3.63, 3.8) is 0 Å². The Kier molecular flexibility index (Phi) is 4.70. The van der Waals surface area contributed by atoms with Gasteiger partial charge in [0.2, 0.25) is 0 Å². The van der Waals surface area contributed by atoms with Crippen LogP contribution >= 0.6 is 15.9 Å². The van der Waals surface area contributed by atoms with E-state index in [0.29, 0.717) is 12.4 Å². The zero-order chi connectivity index (χ0) is 13.7. The summed E-state index contributed by atoms with van der Waals surface area (Å²) in [5.41, 5.74) is 0.948. The number of aliphatic hydroxyl groups excluding tert-OH is 1. The number of anilines is 3. The molecule has 100 valence electrons. The summed E-state index contributed by atoms with van der Waals surface area (Å²) in [6.07, 6.45) is 1.50. The number of nitrogens with zero attached hydrogens (tertiary/aromatic N) is 3. The van der Waals surface area contributed by atoms with E-state index in [0.717, 1.165) is 16.0 Å². The van der Waals surface area contributed by atoms with E-state index in [1.54, 1.807) is 0 Å². The van der Waals surface area contributed by atoms with E-state index in [1.807, 2.05) is 42.3 Å². The lowest BCUT2D eigenvalue weighted by Crippen LogP contribution is -2.22. The molecule has 0 radical (unpaired) electrons. The molecule has 0 unspecified atom stereocenters. The van der Waals surface area contributed by atoms with Crippen LogP contribution < -0.4 is 10.2 Å². The molecule has 2 N–H and O–H groups in total. The second-order valence-corrected chi connectivity index (χ2v) is 4.96. The molecule has 1 aromatic heterocycles. The monoisotopic (exact) mass is 322 g/mol. The number of benzene rings is 1. The number of likely N-dealkylation sites (N-methyl/N-ethyl adjacent to an activating group) is 1. The van der Waals surface area contributed by atoms with E-state index in [2.05, 4.69) is 31.2 Å². The average molecular weight is 323 g/mol. The maximum absolute atomic E-state index is 8.93. The van der Waals surface area contributed by atoms with Crippen molar-refractivity contribution in [2.75, 3.05) is 30.4 Å². The second-order valence-electron chi connectivity index (χ2n) is 4.04. The number of hydrogen-bond acceptors (Lipinski definition) is 5. The van der Waals surface area contributed by atoms with Crippen LogP contribution in [0.15, 0.2) is 41.1 Å². The third kappa shape index (κ3) is 3.90. The van der Waals surface area contributed by atoms with Crippen molar-refractivity contribution in [1.82, 2.24) is 9.97 Å². The third-order valence-electron chi connectivity index (χ3n) is 2.58. The predicted molar refractivity (Wildman–Crippen MR) is 79.8 cm³/mol. The van der Waals surface area contributed by atoms with Gasteiger partial charge < -0.3 is 15.3 Å². The Balaban J connectivity index is 2.15. The number of halogens is 1. The van der Waals surface area contributed by atoms with Gasteiger partial charge in [0, 0.05) is 29.8 Å². The predicted octanol–water partition coefficient (Wildman–Crippen LogP) is 2.41. The minimum absolute atomic E-state index is 0.0922. The molecule has 0 fully saturated rings. The normalized spacial score (nSPS) is 10.3. The van der Waals surface area contributed by atoms with Crippen LogP contribution in [-0.4, -0.2) is 35.3 Å². The molecule has 0 aliphatic carbocycles. The van der Waals surface area contributed by atoms with Crippen molar-refractivity contribution in [1.29, 1.82) is 0 Å². The van der Waals surface area contributed by atoms with Gasteiger partial charge in [-0.3, -0.25) is 0 Å². The molecule has 0 bridgehead atoms. The molecule has 1 heterocycles. The molecule has 0 saturated carbocycles. The van der Waals surface area contributed by atoms with Crippen LogP contribution in [0.5, 0.6) is 0 Å². The average Bonchev–Trinajstić information content (AvgIpc) is 2.39. The van der Waals surface area contributed by atoms with Crippen molar-refractivity contribution in [3.8, 4) is 0 Å². The van der Waals surface area contributed by atoms with Crippen molar-refractivity contribution in [2.24, 2.45) is 0 Å². The zero-order valence-corrected chi connectivity index (χ0v) is 12.1. The molecule has 0 atom stereocenters. The minimum Gasteiger partial charge on any atom is -0.395 e. The second kappa shape index (κ2) is 6.49. The molecule has 0 aliphatic heterocycles. The topological polar surface area (TPSA) is 61.3 Å². The molecule has 2 rings (SSSR count). The van der Waals surface area contributed by atoms with Crippen molar-refractivity contribution >= 4 is 33.3 Å². The van der Waals surface area contributed by atoms with Crippen LogP contribution in [0, 0.1) is 0 Å². The van der Waals surface area contributed by atoms with E-state index < -0.39 is 0 Å². The molecule has 1 aromatic carbocycles. The van der Waals surface area contributed by atoms with Crippen molar-refractivity contribution in [2.45, 2.75) is 0 Å². The first-order valence-corrected chi connectivity index (χ1v) is 6.65. The summed E-state index contributed by atoms with van der Waals surface area (Å²) in [6.45, 7) is 0.627. The number of aliphatic hydroxyl groups is 1. The maximum Gasteiger partial charge on any atom is 0.135 e. The summed E-state index contributed by atoms with van der Waals surface area (Å²) in [5, 5.41) is 12.1. The van der Waals surface area contributed by atoms with Gasteiger partial charge in [0.05, 0.1) is 6.61 Å². The highest BCUT2D eigenvalue weighted by atomic mass is 79.9. The first-order valence-electron chi connectivity index (χ1n) is 5.85. The Morgan fingerprint density at radius 2 is 2.16 bits per heavy atom. The fourth-order valence-electron chi connectivity index (χ4n) is 1.60. The van der Waals surface area contributed by atoms with Crippen molar-refractivity contribution in [3.05, 3.63) is 41.1 Å². The van der Waals surface area contributed by atoms with Crippen LogP contribution in [0.25, 0.3) is 0 Å². The molecule has 5 nitrogen and oxygen atoms in total. The van der Waals surface area contributed by atoms with Gasteiger partial charge in [-0.1, -0.05) is 22.0 Å². The van der Waals surface area contributed by atoms with Crippen LogP contribution in [0.1, 0.15) is 0 Å². The summed E-state index contributed by atoms with van der Waals surface area (Å²) in [7, 11) is 1.88. The molecular formula is C13H15BrN4O. The minimum atomic E-state index is 0.0922. The highest BCUT2D eigenvalue weighted by molar-refractivity contribution is 9.10. The summed E-state index contributed by atoms with van der Waals surface area (Å²) < 4.78 is 1.00. The lowest BCUT2D eigenvalue weighted by Gasteiger charge is -2.17. The highest BCUT2D eigenvalue weighted by Crippen LogP contribution is 2.20. The first kappa shape index (κ1) is 13.8. The van der Waals surface area contributed by atoms with Crippen LogP contribution in [0.2, 0.25) is 0 Å². The number of rotatable bonds is 5. The van der Waals surface area contributed by atoms with E-state index in [-0.39, 0.29) is 6.61 Å². The standard InChI is InChI=1S/C13H15BrN4O/c1-18(5-6-19)13-8-12(15-9-16-13)17-11-4-2-3-10(14)7-11/h2-4,7-9,19H,5-6H2,1H3,(H,15,16,17). The van der Waals surface area contributed by atoms with Gasteiger partial charge in [-0.2, -0.15) is 0 Å². The molecule has 6 heteroatoms. The van der Waals surface area contributed by atoms with Gasteiger partial charge in [-0.15, -0.1) is 0 Å². The molecule has 0 saturated heterocycles. The van der Waals surface area contributed by atoms with Gasteiger partial charge in [0.1, 0.15) is 18.0 Å². The van der Waals surface area contributed by atoms with Gasteiger partial charge in [-0.05, 0) is 18.2 Å². The van der Waals surface area contributed by atoms with E-state index in [9.17, 15) is 0 Å². The molecule has 0 spiro atoms. The van der Waals surface area contributed by atoms with Crippen molar-refractivity contribution < 1.29 is 5.11 Å². The van der Waals surface area contributed by atoms with Crippen LogP contribution in [0.3, 0.4) is 0 Å². The van der Waals surface area contributed by atoms with Gasteiger partial charge >= 0.3 is 0 Å². The van der Waals surface area contributed by atoms with Gasteiger partial charge in [0.15, 0.2) is 0 Å². The number of aromatic nitrogens is 2. The maximum atomic E-state index is 8.93. The largest absolute Gasteiger partial charge is 0.395 e. The fraction of sp³-hybridized carbons (Fsp3) is 0.231. The van der Waals surface area contributed by atoms with E-state index >= 15 is 0 Å². The van der Waals surface area contributed by atoms with E-state index in [4.69, 9.17) is 5.11 Å². The van der Waals surface area contributed by atoms with Gasteiger partial charge in [-0.25, -0.2) is 9.97 Å². The van der Waals surface area contributed by atoms with Crippen LogP contribution in [-0.2, 0) is 0 Å². The molecule has 19 heavy (non-hydrogen) atoms. The lowest BCUT2D eigenvalue weighted by molar-refractivity contribution is 0.304. The van der Waals surface area contributed by atoms with Gasteiger partial charge in [0.25, 0.3) is 0 Å². The fourth-order valence-corrected chi connectivity index (χ4v) is 2.00. The third-order valence-corrected chi connectivity index (χ3v) is 3.07. The zero-order valence-electron chi connectivity index (χ0n) is 10.5. The highest BCUT2D eigenvalue weighted by Gasteiger charge is 2.04. The summed E-state index contributed by atoms with van der Waals surface area (Å²) in [6, 6.07) is 9.69. The Morgan fingerprint density at radius 1 is 1.32 bits per heavy atom. The molecular weight excluding hydrogens is 308 g/mol. The summed E-state index contributed by atoms with van der Waals surface area (Å²) in [5.74, 6) is 1.48. The molecule has 2 aromatic rings. The Labute approximate surface area is 120 Å². The smallest absolute Gasteiger partial charge is 0.135 e.